The third-order valence-corrected chi connectivity index (χ3v) is 6.04. The highest BCUT2D eigenvalue weighted by molar-refractivity contribution is 7.13. The summed E-state index contributed by atoms with van der Waals surface area (Å²) in [5.74, 6) is -0.133. The minimum absolute atomic E-state index is 0.134. The van der Waals surface area contributed by atoms with E-state index in [0.29, 0.717) is 40.2 Å². The van der Waals surface area contributed by atoms with Gasteiger partial charge in [0.25, 0.3) is 11.6 Å². The third-order valence-electron chi connectivity index (χ3n) is 5.15. The van der Waals surface area contributed by atoms with Gasteiger partial charge in [0, 0.05) is 24.3 Å². The van der Waals surface area contributed by atoms with Crippen molar-refractivity contribution >= 4 is 45.6 Å². The number of carbonyl (C=O) groups is 2. The van der Waals surface area contributed by atoms with E-state index in [1.165, 1.54) is 0 Å². The molecule has 1 N–H and O–H groups in total. The fourth-order valence-electron chi connectivity index (χ4n) is 3.67. The highest BCUT2D eigenvalue weighted by Crippen LogP contribution is 2.30. The molecule has 1 fully saturated rings. The number of hydrogen-bond donors (Lipinski definition) is 1. The molecule has 0 unspecified atom stereocenters. The largest absolute Gasteiger partial charge is 0.335 e. The van der Waals surface area contributed by atoms with E-state index < -0.39 is 0 Å². The number of rotatable bonds is 4. The molecule has 30 heavy (non-hydrogen) atoms. The van der Waals surface area contributed by atoms with Crippen molar-refractivity contribution in [1.29, 1.82) is 0 Å². The van der Waals surface area contributed by atoms with Crippen molar-refractivity contribution in [1.82, 2.24) is 10.1 Å². The molecular weight excluding hydrogens is 400 g/mol. The highest BCUT2D eigenvalue weighted by Gasteiger charge is 2.22. The van der Waals surface area contributed by atoms with Gasteiger partial charge in [-0.1, -0.05) is 11.2 Å². The molecule has 4 aromatic rings. The van der Waals surface area contributed by atoms with Crippen molar-refractivity contribution in [2.24, 2.45) is 0 Å². The van der Waals surface area contributed by atoms with Crippen LogP contribution in [0.15, 0.2) is 52.4 Å². The van der Waals surface area contributed by atoms with Gasteiger partial charge in [0.2, 0.25) is 5.91 Å². The molecule has 0 aliphatic carbocycles. The summed E-state index contributed by atoms with van der Waals surface area (Å²) in [5, 5.41) is 9.47. The van der Waals surface area contributed by atoms with Crippen LogP contribution in [0.5, 0.6) is 0 Å². The lowest BCUT2D eigenvalue weighted by Gasteiger charge is -2.16. The van der Waals surface area contributed by atoms with Crippen LogP contribution in [-0.4, -0.2) is 28.5 Å². The number of anilines is 2. The van der Waals surface area contributed by atoms with Gasteiger partial charge in [-0.15, -0.1) is 11.3 Å². The summed E-state index contributed by atoms with van der Waals surface area (Å²) in [6.45, 7) is 2.52. The number of hydrogen-bond acceptors (Lipinski definition) is 6. The van der Waals surface area contributed by atoms with Gasteiger partial charge in [-0.3, -0.25) is 9.59 Å². The smallest absolute Gasteiger partial charge is 0.259 e. The van der Waals surface area contributed by atoms with E-state index >= 15 is 0 Å². The Labute approximate surface area is 176 Å². The standard InChI is InChI=1S/C22H18N4O3S/c1-13-20-16(12-17(18-4-3-11-30-18)24-22(20)29-25-13)21(28)23-14-6-8-15(9-7-14)26-10-2-5-19(26)27/h3-4,6-9,11-12H,2,5,10H2,1H3,(H,23,28). The number of thiophene rings is 1. The first-order valence-corrected chi connectivity index (χ1v) is 10.5. The second-order valence-electron chi connectivity index (χ2n) is 7.13. The molecule has 8 heteroatoms. The lowest BCUT2D eigenvalue weighted by Crippen LogP contribution is -2.23. The first-order valence-electron chi connectivity index (χ1n) is 9.63. The minimum Gasteiger partial charge on any atom is -0.335 e. The average Bonchev–Trinajstić information content (AvgIpc) is 3.50. The summed E-state index contributed by atoms with van der Waals surface area (Å²) < 4.78 is 5.34. The van der Waals surface area contributed by atoms with Crippen LogP contribution >= 0.6 is 11.3 Å². The number of nitrogens with one attached hydrogen (secondary N) is 1. The van der Waals surface area contributed by atoms with Gasteiger partial charge in [0.05, 0.1) is 27.2 Å². The molecule has 1 saturated heterocycles. The monoisotopic (exact) mass is 418 g/mol. The Morgan fingerprint density at radius 3 is 2.77 bits per heavy atom. The number of aryl methyl sites for hydroxylation is 1. The predicted octanol–water partition coefficient (Wildman–Crippen LogP) is 4.64. The summed E-state index contributed by atoms with van der Waals surface area (Å²) in [7, 11) is 0. The molecule has 4 heterocycles. The van der Waals surface area contributed by atoms with Crippen molar-refractivity contribution < 1.29 is 14.1 Å². The van der Waals surface area contributed by atoms with Crippen molar-refractivity contribution in [3.8, 4) is 10.6 Å². The molecule has 0 atom stereocenters. The molecule has 7 nitrogen and oxygen atoms in total. The maximum absolute atomic E-state index is 13.1. The Morgan fingerprint density at radius 1 is 1.23 bits per heavy atom. The maximum atomic E-state index is 13.1. The molecule has 0 spiro atoms. The summed E-state index contributed by atoms with van der Waals surface area (Å²) in [6.07, 6.45) is 1.46. The lowest BCUT2D eigenvalue weighted by molar-refractivity contribution is -0.117. The van der Waals surface area contributed by atoms with Crippen molar-refractivity contribution in [3.05, 3.63) is 59.1 Å². The number of amides is 2. The van der Waals surface area contributed by atoms with Gasteiger partial charge in [-0.05, 0) is 55.1 Å². The zero-order valence-corrected chi connectivity index (χ0v) is 17.0. The second-order valence-corrected chi connectivity index (χ2v) is 8.08. The van der Waals surface area contributed by atoms with Crippen LogP contribution < -0.4 is 10.2 Å². The average molecular weight is 418 g/mol. The number of pyridine rings is 1. The van der Waals surface area contributed by atoms with Crippen LogP contribution in [0.1, 0.15) is 28.9 Å². The second kappa shape index (κ2) is 7.38. The van der Waals surface area contributed by atoms with Crippen LogP contribution in [0.25, 0.3) is 21.7 Å². The van der Waals surface area contributed by atoms with Crippen LogP contribution in [0.2, 0.25) is 0 Å². The van der Waals surface area contributed by atoms with E-state index in [1.807, 2.05) is 29.6 Å². The molecule has 1 aliphatic heterocycles. The van der Waals surface area contributed by atoms with E-state index in [9.17, 15) is 9.59 Å². The lowest BCUT2D eigenvalue weighted by atomic mass is 10.1. The van der Waals surface area contributed by atoms with Crippen molar-refractivity contribution in [2.75, 3.05) is 16.8 Å². The van der Waals surface area contributed by atoms with E-state index in [1.54, 1.807) is 41.4 Å². The Hall–Kier alpha value is -3.52. The van der Waals surface area contributed by atoms with E-state index in [2.05, 4.69) is 15.5 Å². The van der Waals surface area contributed by atoms with Crippen molar-refractivity contribution in [2.45, 2.75) is 19.8 Å². The molecule has 5 rings (SSSR count). The normalized spacial score (nSPS) is 13.9. The van der Waals surface area contributed by atoms with E-state index in [0.717, 1.165) is 23.5 Å². The van der Waals surface area contributed by atoms with E-state index in [4.69, 9.17) is 4.52 Å². The van der Waals surface area contributed by atoms with Gasteiger partial charge in [-0.25, -0.2) is 4.98 Å². The van der Waals surface area contributed by atoms with Gasteiger partial charge < -0.3 is 14.7 Å². The Bertz CT molecular complexity index is 1250. The number of benzene rings is 1. The molecule has 1 aliphatic rings. The van der Waals surface area contributed by atoms with Gasteiger partial charge in [-0.2, -0.15) is 0 Å². The highest BCUT2D eigenvalue weighted by atomic mass is 32.1. The number of aromatic nitrogens is 2. The Morgan fingerprint density at radius 2 is 2.07 bits per heavy atom. The SMILES string of the molecule is Cc1noc2nc(-c3cccs3)cc(C(=O)Nc3ccc(N4CCCC4=O)cc3)c12. The zero-order chi connectivity index (χ0) is 20.7. The summed E-state index contributed by atoms with van der Waals surface area (Å²) in [4.78, 5) is 32.3. The van der Waals surface area contributed by atoms with E-state index in [-0.39, 0.29) is 11.8 Å². The molecular formula is C22H18N4O3S. The topological polar surface area (TPSA) is 88.3 Å². The fourth-order valence-corrected chi connectivity index (χ4v) is 4.35. The maximum Gasteiger partial charge on any atom is 0.259 e. The fraction of sp³-hybridized carbons (Fsp3) is 0.182. The number of carbonyl (C=O) groups excluding carboxylic acids is 2. The molecule has 0 bridgehead atoms. The van der Waals surface area contributed by atoms with Crippen LogP contribution in [0, 0.1) is 6.92 Å². The molecule has 0 radical (unpaired) electrons. The summed E-state index contributed by atoms with van der Waals surface area (Å²) in [5.41, 5.74) is 3.57. The van der Waals surface area contributed by atoms with Gasteiger partial charge in [0.15, 0.2) is 0 Å². The molecule has 3 aromatic heterocycles. The Kier molecular flexibility index (Phi) is 4.55. The summed E-state index contributed by atoms with van der Waals surface area (Å²) in [6, 6.07) is 13.0. The van der Waals surface area contributed by atoms with Crippen molar-refractivity contribution in [3.63, 3.8) is 0 Å². The molecule has 2 amide bonds. The van der Waals surface area contributed by atoms with Crippen LogP contribution in [-0.2, 0) is 4.79 Å². The molecule has 1 aromatic carbocycles. The van der Waals surface area contributed by atoms with Gasteiger partial charge in [0.1, 0.15) is 0 Å². The quantitative estimate of drug-likeness (QED) is 0.522. The van der Waals surface area contributed by atoms with Gasteiger partial charge >= 0.3 is 0 Å². The first-order chi connectivity index (χ1) is 14.6. The zero-order valence-electron chi connectivity index (χ0n) is 16.2. The number of fused-ring (bicyclic) bond motifs is 1. The number of nitrogens with zero attached hydrogens (tertiary/aromatic N) is 3. The Balaban J connectivity index is 1.46. The van der Waals surface area contributed by atoms with Crippen LogP contribution in [0.3, 0.4) is 0 Å². The summed E-state index contributed by atoms with van der Waals surface area (Å²) >= 11 is 1.54. The predicted molar refractivity (Wildman–Crippen MR) is 116 cm³/mol. The first kappa shape index (κ1) is 18.5. The molecule has 150 valence electrons. The van der Waals surface area contributed by atoms with Crippen LogP contribution in [0.4, 0.5) is 11.4 Å². The third kappa shape index (κ3) is 3.25. The minimum atomic E-state index is -0.267. The molecule has 0 saturated carbocycles.